The van der Waals surface area contributed by atoms with Crippen molar-refractivity contribution in [2.45, 2.75) is 38.7 Å². The summed E-state index contributed by atoms with van der Waals surface area (Å²) in [5.74, 6) is 0. The van der Waals surface area contributed by atoms with Crippen molar-refractivity contribution in [1.82, 2.24) is 0 Å². The minimum Gasteiger partial charge on any atom is -0.359 e. The fourth-order valence-electron chi connectivity index (χ4n) is 1.02. The zero-order valence-corrected chi connectivity index (χ0v) is 8.21. The molecule has 0 bridgehead atoms. The van der Waals surface area contributed by atoms with E-state index in [1.54, 1.807) is 7.11 Å². The Balaban J connectivity index is 3.32. The Kier molecular flexibility index (Phi) is 8.51. The Labute approximate surface area is 75.6 Å². The predicted molar refractivity (Wildman–Crippen MR) is 51.1 cm³/mol. The van der Waals surface area contributed by atoms with Crippen LogP contribution in [0, 0.1) is 0 Å². The largest absolute Gasteiger partial charge is 0.359 e. The highest BCUT2D eigenvalue weighted by Crippen LogP contribution is 2.07. The number of hydrogen-bond acceptors (Lipinski definition) is 2. The highest BCUT2D eigenvalue weighted by molar-refractivity contribution is 4.79. The Morgan fingerprint density at radius 1 is 1.42 bits per heavy atom. The molecule has 2 nitrogen and oxygen atoms in total. The molecule has 0 aromatic rings. The lowest BCUT2D eigenvalue weighted by Crippen LogP contribution is -2.11. The van der Waals surface area contributed by atoms with E-state index in [0.717, 1.165) is 6.42 Å². The molecule has 12 heavy (non-hydrogen) atoms. The van der Waals surface area contributed by atoms with Crippen molar-refractivity contribution in [3.05, 3.63) is 12.7 Å². The van der Waals surface area contributed by atoms with E-state index in [4.69, 9.17) is 9.47 Å². The van der Waals surface area contributed by atoms with Crippen LogP contribution in [0.5, 0.6) is 0 Å². The maximum absolute atomic E-state index is 5.35. The maximum Gasteiger partial charge on any atom is 0.147 e. The third kappa shape index (κ3) is 6.38. The van der Waals surface area contributed by atoms with Crippen LogP contribution in [-0.2, 0) is 9.47 Å². The normalized spacial score (nSPS) is 12.8. The quantitative estimate of drug-likeness (QED) is 0.318. The molecule has 0 heterocycles. The van der Waals surface area contributed by atoms with Crippen LogP contribution in [0.15, 0.2) is 12.7 Å². The molecule has 0 saturated carbocycles. The summed E-state index contributed by atoms with van der Waals surface area (Å²) in [6.07, 6.45) is 6.78. The summed E-state index contributed by atoms with van der Waals surface area (Å²) in [5, 5.41) is 0. The van der Waals surface area contributed by atoms with Crippen LogP contribution in [0.4, 0.5) is 0 Å². The molecule has 0 aromatic heterocycles. The Hall–Kier alpha value is -0.340. The molecular weight excluding hydrogens is 152 g/mol. The van der Waals surface area contributed by atoms with Gasteiger partial charge in [-0.25, -0.2) is 0 Å². The highest BCUT2D eigenvalue weighted by atomic mass is 16.7. The van der Waals surface area contributed by atoms with E-state index < -0.39 is 0 Å². The van der Waals surface area contributed by atoms with Gasteiger partial charge < -0.3 is 9.47 Å². The summed E-state index contributed by atoms with van der Waals surface area (Å²) in [7, 11) is 1.63. The van der Waals surface area contributed by atoms with Crippen molar-refractivity contribution in [2.24, 2.45) is 0 Å². The van der Waals surface area contributed by atoms with Crippen molar-refractivity contribution < 1.29 is 9.47 Å². The molecule has 0 radical (unpaired) electrons. The fraction of sp³-hybridized carbons (Fsp3) is 0.800. The van der Waals surface area contributed by atoms with E-state index in [-0.39, 0.29) is 6.10 Å². The zero-order chi connectivity index (χ0) is 9.23. The zero-order valence-electron chi connectivity index (χ0n) is 8.21. The molecule has 1 unspecified atom stereocenters. The van der Waals surface area contributed by atoms with Crippen LogP contribution < -0.4 is 0 Å². The molecule has 1 atom stereocenters. The Morgan fingerprint density at radius 3 is 2.67 bits per heavy atom. The molecule has 0 amide bonds. The van der Waals surface area contributed by atoms with E-state index in [9.17, 15) is 0 Å². The molecule has 0 aliphatic rings. The first-order valence-corrected chi connectivity index (χ1v) is 4.58. The van der Waals surface area contributed by atoms with Gasteiger partial charge in [-0.2, -0.15) is 0 Å². The minimum atomic E-state index is 0.163. The molecule has 0 spiro atoms. The molecule has 0 rings (SSSR count). The van der Waals surface area contributed by atoms with Gasteiger partial charge in [-0.3, -0.25) is 0 Å². The van der Waals surface area contributed by atoms with Crippen LogP contribution >= 0.6 is 0 Å². The number of unbranched alkanes of at least 4 members (excludes halogenated alkanes) is 2. The smallest absolute Gasteiger partial charge is 0.147 e. The molecule has 0 N–H and O–H groups in total. The van der Waals surface area contributed by atoms with Gasteiger partial charge in [-0.15, -0.1) is 6.58 Å². The average Bonchev–Trinajstić information content (AvgIpc) is 2.11. The second-order valence-electron chi connectivity index (χ2n) is 2.84. The van der Waals surface area contributed by atoms with E-state index in [2.05, 4.69) is 13.5 Å². The topological polar surface area (TPSA) is 18.5 Å². The van der Waals surface area contributed by atoms with E-state index >= 15 is 0 Å². The van der Waals surface area contributed by atoms with Crippen LogP contribution in [0.2, 0.25) is 0 Å². The number of hydrogen-bond donors (Lipinski definition) is 0. The lowest BCUT2D eigenvalue weighted by molar-refractivity contribution is -0.0578. The third-order valence-electron chi connectivity index (χ3n) is 1.76. The first kappa shape index (κ1) is 11.7. The summed E-state index contributed by atoms with van der Waals surface area (Å²) in [4.78, 5) is 0. The SMILES string of the molecule is C=CC(CCCCC)OCOC. The maximum atomic E-state index is 5.35. The number of methoxy groups -OCH3 is 1. The monoisotopic (exact) mass is 172 g/mol. The van der Waals surface area contributed by atoms with Crippen LogP contribution in [0.3, 0.4) is 0 Å². The molecule has 72 valence electrons. The summed E-state index contributed by atoms with van der Waals surface area (Å²) in [5.41, 5.74) is 0. The fourth-order valence-corrected chi connectivity index (χ4v) is 1.02. The lowest BCUT2D eigenvalue weighted by atomic mass is 10.1. The Bertz CT molecular complexity index is 102. The average molecular weight is 172 g/mol. The molecule has 0 aromatic carbocycles. The minimum absolute atomic E-state index is 0.163. The number of rotatable bonds is 8. The van der Waals surface area contributed by atoms with E-state index in [0.29, 0.717) is 6.79 Å². The van der Waals surface area contributed by atoms with Crippen molar-refractivity contribution in [3.8, 4) is 0 Å². The van der Waals surface area contributed by atoms with Gasteiger partial charge in [-0.1, -0.05) is 32.3 Å². The lowest BCUT2D eigenvalue weighted by Gasteiger charge is -2.12. The highest BCUT2D eigenvalue weighted by Gasteiger charge is 2.02. The van der Waals surface area contributed by atoms with Crippen molar-refractivity contribution in [2.75, 3.05) is 13.9 Å². The number of ether oxygens (including phenoxy) is 2. The summed E-state index contributed by atoms with van der Waals surface area (Å²) >= 11 is 0. The van der Waals surface area contributed by atoms with Gasteiger partial charge in [0.2, 0.25) is 0 Å². The molecule has 2 heteroatoms. The second-order valence-corrected chi connectivity index (χ2v) is 2.84. The standard InChI is InChI=1S/C10H20O2/c1-4-6-7-8-10(5-2)12-9-11-3/h5,10H,2,4,6-9H2,1,3H3. The van der Waals surface area contributed by atoms with Gasteiger partial charge in [0.15, 0.2) is 0 Å². The Morgan fingerprint density at radius 2 is 2.17 bits per heavy atom. The predicted octanol–water partition coefficient (Wildman–Crippen LogP) is 2.74. The summed E-state index contributed by atoms with van der Waals surface area (Å²) in [6.45, 7) is 6.27. The van der Waals surface area contributed by atoms with Crippen LogP contribution in [0.25, 0.3) is 0 Å². The molecule has 0 saturated heterocycles. The van der Waals surface area contributed by atoms with Gasteiger partial charge >= 0.3 is 0 Å². The van der Waals surface area contributed by atoms with Crippen LogP contribution in [-0.4, -0.2) is 20.0 Å². The van der Waals surface area contributed by atoms with Crippen molar-refractivity contribution in [3.63, 3.8) is 0 Å². The first-order chi connectivity index (χ1) is 5.85. The molecule has 0 aliphatic heterocycles. The van der Waals surface area contributed by atoms with Crippen molar-refractivity contribution >= 4 is 0 Å². The van der Waals surface area contributed by atoms with Gasteiger partial charge in [0.1, 0.15) is 6.79 Å². The second kappa shape index (κ2) is 8.75. The van der Waals surface area contributed by atoms with Gasteiger partial charge in [-0.05, 0) is 6.42 Å². The van der Waals surface area contributed by atoms with E-state index in [1.165, 1.54) is 19.3 Å². The van der Waals surface area contributed by atoms with Gasteiger partial charge in [0.25, 0.3) is 0 Å². The molecule has 0 aliphatic carbocycles. The molecule has 0 fully saturated rings. The van der Waals surface area contributed by atoms with Gasteiger partial charge in [0.05, 0.1) is 6.10 Å². The third-order valence-corrected chi connectivity index (χ3v) is 1.76. The molecular formula is C10H20O2. The van der Waals surface area contributed by atoms with E-state index in [1.807, 2.05) is 6.08 Å². The first-order valence-electron chi connectivity index (χ1n) is 4.58. The van der Waals surface area contributed by atoms with Gasteiger partial charge in [0, 0.05) is 7.11 Å². The van der Waals surface area contributed by atoms with Crippen LogP contribution in [0.1, 0.15) is 32.6 Å². The summed E-state index contributed by atoms with van der Waals surface area (Å²) < 4.78 is 10.2. The summed E-state index contributed by atoms with van der Waals surface area (Å²) in [6, 6.07) is 0. The van der Waals surface area contributed by atoms with Crippen molar-refractivity contribution in [1.29, 1.82) is 0 Å².